The minimum absolute atomic E-state index is 0.167. The zero-order chi connectivity index (χ0) is 16.2. The second-order valence-electron chi connectivity index (χ2n) is 6.30. The summed E-state index contributed by atoms with van der Waals surface area (Å²) >= 11 is 0. The van der Waals surface area contributed by atoms with Crippen molar-refractivity contribution in [1.82, 2.24) is 10.2 Å². The molecule has 6 heteroatoms. The molecular formula is C17H22N2O4. The van der Waals surface area contributed by atoms with Crippen LogP contribution in [-0.4, -0.2) is 42.5 Å². The number of ether oxygens (including phenoxy) is 1. The molecule has 0 saturated heterocycles. The standard InChI is InChI=1S/C17H22N2O4/c20-15-7-8-16(21)19(15)10-9-18-17(22)23-11-14-12-5-3-1-2-4-6-13(12)14/h1-2,7-8,12-14H,3-6,9-11H2,(H,18,22)/b2-1+/t12-,13?,14+/m1/s1. The minimum Gasteiger partial charge on any atom is -0.449 e. The highest BCUT2D eigenvalue weighted by atomic mass is 16.5. The molecule has 2 aliphatic carbocycles. The Labute approximate surface area is 135 Å². The SMILES string of the molecule is O=C(NCCN1C(=O)C=CC1=O)OC[C@@H]1C2CC/C=C/CC[C@H]21. The van der Waals surface area contributed by atoms with E-state index in [0.29, 0.717) is 24.4 Å². The number of nitrogens with zero attached hydrogens (tertiary/aromatic N) is 1. The van der Waals surface area contributed by atoms with Crippen LogP contribution in [0.5, 0.6) is 0 Å². The first-order valence-electron chi connectivity index (χ1n) is 8.26. The van der Waals surface area contributed by atoms with Crippen molar-refractivity contribution in [2.24, 2.45) is 17.8 Å². The molecule has 0 bridgehead atoms. The normalized spacial score (nSPS) is 30.4. The van der Waals surface area contributed by atoms with Crippen molar-refractivity contribution in [3.05, 3.63) is 24.3 Å². The number of imide groups is 1. The van der Waals surface area contributed by atoms with Crippen molar-refractivity contribution in [1.29, 1.82) is 0 Å². The van der Waals surface area contributed by atoms with Crippen LogP contribution in [0.15, 0.2) is 24.3 Å². The van der Waals surface area contributed by atoms with Gasteiger partial charge in [0.2, 0.25) is 0 Å². The van der Waals surface area contributed by atoms with Gasteiger partial charge in [-0.1, -0.05) is 12.2 Å². The number of carbonyl (C=O) groups excluding carboxylic acids is 3. The van der Waals surface area contributed by atoms with Crippen LogP contribution in [-0.2, 0) is 14.3 Å². The van der Waals surface area contributed by atoms with Crippen LogP contribution in [0.25, 0.3) is 0 Å². The Morgan fingerprint density at radius 1 is 1.13 bits per heavy atom. The molecule has 0 spiro atoms. The molecule has 0 aromatic heterocycles. The Kier molecular flexibility index (Phi) is 4.79. The molecule has 1 heterocycles. The van der Waals surface area contributed by atoms with E-state index in [1.54, 1.807) is 0 Å². The van der Waals surface area contributed by atoms with Gasteiger partial charge in [0, 0.05) is 25.2 Å². The van der Waals surface area contributed by atoms with Crippen molar-refractivity contribution in [2.45, 2.75) is 25.7 Å². The van der Waals surface area contributed by atoms with E-state index in [2.05, 4.69) is 17.5 Å². The molecule has 0 aromatic rings. The summed E-state index contributed by atoms with van der Waals surface area (Å²) in [5.74, 6) is 1.20. The molecule has 0 radical (unpaired) electrons. The molecule has 6 nitrogen and oxygen atoms in total. The van der Waals surface area contributed by atoms with Crippen molar-refractivity contribution < 1.29 is 19.1 Å². The maximum atomic E-state index is 11.7. The highest BCUT2D eigenvalue weighted by molar-refractivity contribution is 6.12. The van der Waals surface area contributed by atoms with Crippen molar-refractivity contribution in [2.75, 3.05) is 19.7 Å². The van der Waals surface area contributed by atoms with Gasteiger partial charge in [0.25, 0.3) is 11.8 Å². The topological polar surface area (TPSA) is 75.7 Å². The number of hydrogen-bond donors (Lipinski definition) is 1. The lowest BCUT2D eigenvalue weighted by Gasteiger charge is -2.14. The number of rotatable bonds is 5. The second kappa shape index (κ2) is 6.98. The Morgan fingerprint density at radius 2 is 1.74 bits per heavy atom. The van der Waals surface area contributed by atoms with Crippen LogP contribution in [0.4, 0.5) is 4.79 Å². The summed E-state index contributed by atoms with van der Waals surface area (Å²) in [5.41, 5.74) is 0. The monoisotopic (exact) mass is 318 g/mol. The summed E-state index contributed by atoms with van der Waals surface area (Å²) in [6.07, 6.45) is 11.1. The predicted octanol–water partition coefficient (Wildman–Crippen LogP) is 1.63. The smallest absolute Gasteiger partial charge is 0.407 e. The van der Waals surface area contributed by atoms with E-state index in [-0.39, 0.29) is 24.9 Å². The molecule has 23 heavy (non-hydrogen) atoms. The third-order valence-corrected chi connectivity index (χ3v) is 4.92. The lowest BCUT2D eigenvalue weighted by Crippen LogP contribution is -2.38. The van der Waals surface area contributed by atoms with Crippen LogP contribution >= 0.6 is 0 Å². The summed E-state index contributed by atoms with van der Waals surface area (Å²) in [4.78, 5) is 35.5. The maximum absolute atomic E-state index is 11.7. The fourth-order valence-corrected chi connectivity index (χ4v) is 3.59. The molecule has 1 fully saturated rings. The van der Waals surface area contributed by atoms with Crippen molar-refractivity contribution >= 4 is 17.9 Å². The molecule has 3 rings (SSSR count). The third kappa shape index (κ3) is 3.81. The van der Waals surface area contributed by atoms with E-state index in [9.17, 15) is 14.4 Å². The van der Waals surface area contributed by atoms with Gasteiger partial charge in [-0.15, -0.1) is 0 Å². The van der Waals surface area contributed by atoms with Crippen molar-refractivity contribution in [3.8, 4) is 0 Å². The number of hydrogen-bond acceptors (Lipinski definition) is 4. The van der Waals surface area contributed by atoms with Gasteiger partial charge in [-0.25, -0.2) is 4.79 Å². The maximum Gasteiger partial charge on any atom is 0.407 e. The van der Waals surface area contributed by atoms with E-state index in [1.807, 2.05) is 0 Å². The van der Waals surface area contributed by atoms with Crippen molar-refractivity contribution in [3.63, 3.8) is 0 Å². The third-order valence-electron chi connectivity index (χ3n) is 4.92. The van der Waals surface area contributed by atoms with Crippen LogP contribution in [0.3, 0.4) is 0 Å². The minimum atomic E-state index is -0.477. The van der Waals surface area contributed by atoms with Gasteiger partial charge < -0.3 is 10.1 Å². The predicted molar refractivity (Wildman–Crippen MR) is 83.3 cm³/mol. The zero-order valence-electron chi connectivity index (χ0n) is 13.1. The van der Waals surface area contributed by atoms with E-state index in [4.69, 9.17) is 4.74 Å². The zero-order valence-corrected chi connectivity index (χ0v) is 13.1. The average Bonchev–Trinajstić information content (AvgIpc) is 3.05. The highest BCUT2D eigenvalue weighted by Crippen LogP contribution is 2.52. The van der Waals surface area contributed by atoms with Crippen LogP contribution in [0, 0.1) is 17.8 Å². The first kappa shape index (κ1) is 15.8. The van der Waals surface area contributed by atoms with Gasteiger partial charge >= 0.3 is 6.09 Å². The molecule has 1 aliphatic heterocycles. The fourth-order valence-electron chi connectivity index (χ4n) is 3.59. The fraction of sp³-hybridized carbons (Fsp3) is 0.588. The molecule has 124 valence electrons. The Bertz CT molecular complexity index is 521. The highest BCUT2D eigenvalue weighted by Gasteiger charge is 2.49. The number of alkyl carbamates (subject to hydrolysis) is 1. The van der Waals surface area contributed by atoms with Gasteiger partial charge in [0.05, 0.1) is 6.61 Å². The molecule has 3 amide bonds. The Balaban J connectivity index is 1.31. The summed E-state index contributed by atoms with van der Waals surface area (Å²) < 4.78 is 5.28. The molecule has 3 aliphatic rings. The van der Waals surface area contributed by atoms with E-state index >= 15 is 0 Å². The van der Waals surface area contributed by atoms with Gasteiger partial charge in [-0.05, 0) is 43.4 Å². The van der Waals surface area contributed by atoms with Gasteiger partial charge in [-0.2, -0.15) is 0 Å². The molecule has 1 N–H and O–H groups in total. The quantitative estimate of drug-likeness (QED) is 0.617. The summed E-state index contributed by atoms with van der Waals surface area (Å²) in [6, 6.07) is 0. The van der Waals surface area contributed by atoms with E-state index < -0.39 is 6.09 Å². The summed E-state index contributed by atoms with van der Waals surface area (Å²) in [7, 11) is 0. The number of fused-ring (bicyclic) bond motifs is 1. The lowest BCUT2D eigenvalue weighted by molar-refractivity contribution is -0.136. The summed E-state index contributed by atoms with van der Waals surface area (Å²) in [5, 5.41) is 2.59. The summed E-state index contributed by atoms with van der Waals surface area (Å²) in [6.45, 7) is 0.837. The average molecular weight is 318 g/mol. The largest absolute Gasteiger partial charge is 0.449 e. The van der Waals surface area contributed by atoms with Gasteiger partial charge in [-0.3, -0.25) is 14.5 Å². The second-order valence-corrected chi connectivity index (χ2v) is 6.30. The lowest BCUT2D eigenvalue weighted by atomic mass is 10.1. The number of allylic oxidation sites excluding steroid dienone is 2. The molecule has 0 aromatic carbocycles. The van der Waals surface area contributed by atoms with Crippen LogP contribution in [0.1, 0.15) is 25.7 Å². The molecular weight excluding hydrogens is 296 g/mol. The molecule has 1 saturated carbocycles. The van der Waals surface area contributed by atoms with Gasteiger partial charge in [0.15, 0.2) is 0 Å². The van der Waals surface area contributed by atoms with Crippen LogP contribution in [0.2, 0.25) is 0 Å². The number of carbonyl (C=O) groups is 3. The van der Waals surface area contributed by atoms with Gasteiger partial charge in [0.1, 0.15) is 0 Å². The van der Waals surface area contributed by atoms with Crippen LogP contribution < -0.4 is 5.32 Å². The number of nitrogens with one attached hydrogen (secondary N) is 1. The molecule has 3 atom stereocenters. The number of amides is 3. The van der Waals surface area contributed by atoms with E-state index in [1.165, 1.54) is 25.0 Å². The first-order chi connectivity index (χ1) is 11.2. The Morgan fingerprint density at radius 3 is 2.35 bits per heavy atom. The first-order valence-corrected chi connectivity index (χ1v) is 8.26. The molecule has 1 unspecified atom stereocenters. The Hall–Kier alpha value is -2.11. The van der Waals surface area contributed by atoms with E-state index in [0.717, 1.165) is 17.7 Å².